The van der Waals surface area contributed by atoms with Crippen molar-refractivity contribution in [3.05, 3.63) is 33.0 Å². The van der Waals surface area contributed by atoms with Crippen molar-refractivity contribution >= 4 is 39.4 Å². The Labute approximate surface area is 122 Å². The lowest BCUT2D eigenvalue weighted by Crippen LogP contribution is -2.53. The van der Waals surface area contributed by atoms with Crippen LogP contribution in [0, 0.1) is 11.7 Å². The zero-order valence-electron chi connectivity index (χ0n) is 9.95. The molecule has 0 N–H and O–H groups in total. The topological polar surface area (TPSA) is 46.6 Å². The van der Waals surface area contributed by atoms with E-state index < -0.39 is 5.82 Å². The summed E-state index contributed by atoms with van der Waals surface area (Å²) in [6.45, 7) is 0.570. The van der Waals surface area contributed by atoms with Gasteiger partial charge >= 0.3 is 5.97 Å². The number of esters is 1. The lowest BCUT2D eigenvalue weighted by molar-refractivity contribution is -0.149. The van der Waals surface area contributed by atoms with Crippen molar-refractivity contribution in [2.75, 3.05) is 20.2 Å². The molecule has 0 bridgehead atoms. The summed E-state index contributed by atoms with van der Waals surface area (Å²) in [6.07, 6.45) is 0. The zero-order chi connectivity index (χ0) is 14.2. The average Bonchev–Trinajstić information content (AvgIpc) is 2.32. The minimum absolute atomic E-state index is 0.0624. The molecule has 7 heteroatoms. The van der Waals surface area contributed by atoms with Crippen LogP contribution in [0.25, 0.3) is 0 Å². The summed E-state index contributed by atoms with van der Waals surface area (Å²) in [6, 6.07) is 2.54. The molecule has 0 unspecified atom stereocenters. The van der Waals surface area contributed by atoms with Gasteiger partial charge in [0.2, 0.25) is 0 Å². The number of nitrogens with zero attached hydrogens (tertiary/aromatic N) is 1. The summed E-state index contributed by atoms with van der Waals surface area (Å²) < 4.78 is 18.3. The second kappa shape index (κ2) is 5.46. The van der Waals surface area contributed by atoms with Gasteiger partial charge in [0, 0.05) is 23.1 Å². The molecule has 1 heterocycles. The van der Waals surface area contributed by atoms with Crippen LogP contribution in [0.5, 0.6) is 0 Å². The van der Waals surface area contributed by atoms with Gasteiger partial charge in [-0.1, -0.05) is 11.6 Å². The van der Waals surface area contributed by atoms with Gasteiger partial charge in [-0.25, -0.2) is 4.39 Å². The minimum Gasteiger partial charge on any atom is -0.469 e. The predicted molar refractivity (Wildman–Crippen MR) is 70.5 cm³/mol. The molecule has 0 atom stereocenters. The Morgan fingerprint density at radius 3 is 2.63 bits per heavy atom. The van der Waals surface area contributed by atoms with E-state index in [4.69, 9.17) is 11.6 Å². The van der Waals surface area contributed by atoms with Crippen LogP contribution in [0.1, 0.15) is 10.4 Å². The van der Waals surface area contributed by atoms with E-state index in [1.54, 1.807) is 0 Å². The van der Waals surface area contributed by atoms with Gasteiger partial charge in [-0.05, 0) is 28.1 Å². The van der Waals surface area contributed by atoms with Gasteiger partial charge in [-0.15, -0.1) is 0 Å². The molecular formula is C12H10BrClFNO3. The van der Waals surface area contributed by atoms with Crippen LogP contribution in [-0.2, 0) is 9.53 Å². The number of amides is 1. The van der Waals surface area contributed by atoms with Gasteiger partial charge in [0.25, 0.3) is 5.91 Å². The van der Waals surface area contributed by atoms with Gasteiger partial charge in [0.1, 0.15) is 5.82 Å². The van der Waals surface area contributed by atoms with Gasteiger partial charge in [-0.3, -0.25) is 9.59 Å². The molecule has 0 radical (unpaired) electrons. The number of benzene rings is 1. The van der Waals surface area contributed by atoms with Crippen molar-refractivity contribution in [3.8, 4) is 0 Å². The van der Waals surface area contributed by atoms with Crippen LogP contribution >= 0.6 is 27.5 Å². The molecule has 1 aliphatic heterocycles. The first-order valence-electron chi connectivity index (χ1n) is 5.45. The molecule has 1 aliphatic rings. The fourth-order valence-corrected chi connectivity index (χ4v) is 2.37. The fourth-order valence-electron chi connectivity index (χ4n) is 1.82. The number of hydrogen-bond donors (Lipinski definition) is 0. The maximum absolute atomic E-state index is 13.4. The van der Waals surface area contributed by atoms with Crippen molar-refractivity contribution in [1.29, 1.82) is 0 Å². The number of halogens is 3. The Morgan fingerprint density at radius 1 is 1.47 bits per heavy atom. The third kappa shape index (κ3) is 2.74. The number of carbonyl (C=O) groups is 2. The molecule has 19 heavy (non-hydrogen) atoms. The monoisotopic (exact) mass is 349 g/mol. The summed E-state index contributed by atoms with van der Waals surface area (Å²) >= 11 is 8.74. The molecule has 1 aromatic carbocycles. The van der Waals surface area contributed by atoms with Crippen LogP contribution in [0.15, 0.2) is 16.6 Å². The Balaban J connectivity index is 2.08. The summed E-state index contributed by atoms with van der Waals surface area (Å²) in [5.41, 5.74) is 0.192. The first-order chi connectivity index (χ1) is 8.93. The standard InChI is InChI=1S/C12H10BrClFNO3/c1-19-12(18)7-4-16(5-7)11(17)6-2-8(13)10(14)9(15)3-6/h2-3,7H,4-5H2,1H3. The summed E-state index contributed by atoms with van der Waals surface area (Å²) in [5.74, 6) is -1.64. The van der Waals surface area contributed by atoms with E-state index in [2.05, 4.69) is 20.7 Å². The first kappa shape index (κ1) is 14.3. The van der Waals surface area contributed by atoms with Crippen molar-refractivity contribution in [2.24, 2.45) is 5.92 Å². The fraction of sp³-hybridized carbons (Fsp3) is 0.333. The molecule has 2 rings (SSSR count). The van der Waals surface area contributed by atoms with E-state index in [1.807, 2.05) is 0 Å². The van der Waals surface area contributed by atoms with E-state index >= 15 is 0 Å². The molecule has 0 aromatic heterocycles. The van der Waals surface area contributed by atoms with Gasteiger partial charge in [0.05, 0.1) is 18.1 Å². The smallest absolute Gasteiger partial charge is 0.312 e. The maximum Gasteiger partial charge on any atom is 0.312 e. The third-order valence-corrected chi connectivity index (χ3v) is 4.17. The molecule has 102 valence electrons. The number of methoxy groups -OCH3 is 1. The second-order valence-electron chi connectivity index (χ2n) is 4.18. The summed E-state index contributed by atoms with van der Waals surface area (Å²) in [7, 11) is 1.30. The zero-order valence-corrected chi connectivity index (χ0v) is 12.3. The van der Waals surface area contributed by atoms with Crippen LogP contribution < -0.4 is 0 Å². The summed E-state index contributed by atoms with van der Waals surface area (Å²) in [5, 5.41) is -0.0624. The largest absolute Gasteiger partial charge is 0.469 e. The SMILES string of the molecule is COC(=O)C1CN(C(=O)c2cc(F)c(Cl)c(Br)c2)C1. The van der Waals surface area contributed by atoms with Crippen molar-refractivity contribution < 1.29 is 18.7 Å². The highest BCUT2D eigenvalue weighted by Crippen LogP contribution is 2.28. The highest BCUT2D eigenvalue weighted by atomic mass is 79.9. The molecule has 0 aliphatic carbocycles. The number of hydrogen-bond acceptors (Lipinski definition) is 3. The normalized spacial score (nSPS) is 15.1. The van der Waals surface area contributed by atoms with Crippen molar-refractivity contribution in [3.63, 3.8) is 0 Å². The van der Waals surface area contributed by atoms with Crippen LogP contribution in [0.4, 0.5) is 4.39 Å². The Kier molecular flexibility index (Phi) is 4.10. The van der Waals surface area contributed by atoms with Gasteiger partial charge < -0.3 is 9.64 Å². The van der Waals surface area contributed by atoms with E-state index in [0.29, 0.717) is 4.47 Å². The highest BCUT2D eigenvalue weighted by molar-refractivity contribution is 9.10. The molecule has 0 spiro atoms. The minimum atomic E-state index is -0.663. The van der Waals surface area contributed by atoms with Gasteiger partial charge in [0.15, 0.2) is 0 Å². The summed E-state index contributed by atoms with van der Waals surface area (Å²) in [4.78, 5) is 24.7. The van der Waals surface area contributed by atoms with E-state index in [-0.39, 0.29) is 41.5 Å². The first-order valence-corrected chi connectivity index (χ1v) is 6.62. The Morgan fingerprint density at radius 2 is 2.11 bits per heavy atom. The van der Waals surface area contributed by atoms with Crippen LogP contribution in [0.3, 0.4) is 0 Å². The van der Waals surface area contributed by atoms with Crippen LogP contribution in [0.2, 0.25) is 5.02 Å². The molecule has 1 amide bonds. The highest BCUT2D eigenvalue weighted by Gasteiger charge is 2.37. The molecular weight excluding hydrogens is 340 g/mol. The van der Waals surface area contributed by atoms with E-state index in [1.165, 1.54) is 18.1 Å². The quantitative estimate of drug-likeness (QED) is 0.608. The second-order valence-corrected chi connectivity index (χ2v) is 5.42. The lowest BCUT2D eigenvalue weighted by Gasteiger charge is -2.37. The predicted octanol–water partition coefficient (Wildman–Crippen LogP) is 2.49. The van der Waals surface area contributed by atoms with Gasteiger partial charge in [-0.2, -0.15) is 0 Å². The third-order valence-electron chi connectivity index (χ3n) is 2.93. The Hall–Kier alpha value is -1.14. The maximum atomic E-state index is 13.4. The number of ether oxygens (including phenoxy) is 1. The Bertz CT molecular complexity index is 523. The molecule has 0 saturated carbocycles. The molecule has 1 aromatic rings. The molecule has 1 fully saturated rings. The number of likely N-dealkylation sites (tertiary alicyclic amines) is 1. The van der Waals surface area contributed by atoms with Crippen molar-refractivity contribution in [1.82, 2.24) is 4.90 Å². The van der Waals surface area contributed by atoms with E-state index in [0.717, 1.165) is 6.07 Å². The van der Waals surface area contributed by atoms with Crippen LogP contribution in [-0.4, -0.2) is 37.0 Å². The number of rotatable bonds is 2. The van der Waals surface area contributed by atoms with E-state index in [9.17, 15) is 14.0 Å². The molecule has 4 nitrogen and oxygen atoms in total. The average molecular weight is 351 g/mol. The lowest BCUT2D eigenvalue weighted by atomic mass is 9.99. The molecule has 1 saturated heterocycles. The number of carbonyl (C=O) groups excluding carboxylic acids is 2. The van der Waals surface area contributed by atoms with Crippen molar-refractivity contribution in [2.45, 2.75) is 0 Å².